The van der Waals surface area contributed by atoms with Crippen molar-refractivity contribution in [2.24, 2.45) is 0 Å². The first-order chi connectivity index (χ1) is 13.4. The molecule has 0 spiro atoms. The van der Waals surface area contributed by atoms with Gasteiger partial charge in [-0.2, -0.15) is 5.26 Å². The third-order valence-corrected chi connectivity index (χ3v) is 4.72. The number of nitrogens with one attached hydrogen (secondary N) is 1. The van der Waals surface area contributed by atoms with Gasteiger partial charge in [-0.25, -0.2) is 4.98 Å². The number of carbonyl (C=O) groups is 2. The summed E-state index contributed by atoms with van der Waals surface area (Å²) in [6.45, 7) is 1.96. The summed E-state index contributed by atoms with van der Waals surface area (Å²) in [6.07, 6.45) is 0.0658. The maximum absolute atomic E-state index is 12.9. The van der Waals surface area contributed by atoms with Crippen molar-refractivity contribution in [3.63, 3.8) is 0 Å². The molecule has 1 amide bonds. The first kappa shape index (κ1) is 21.2. The van der Waals surface area contributed by atoms with Crippen molar-refractivity contribution >= 4 is 29.3 Å². The summed E-state index contributed by atoms with van der Waals surface area (Å²) < 4.78 is 4.59. The summed E-state index contributed by atoms with van der Waals surface area (Å²) in [5.41, 5.74) is 0.540. The zero-order valence-electron chi connectivity index (χ0n) is 15.5. The minimum atomic E-state index is -0.574. The number of thioether (sulfide) groups is 1. The smallest absolute Gasteiger partial charge is 0.311 e. The van der Waals surface area contributed by atoms with Crippen molar-refractivity contribution in [2.75, 3.05) is 18.6 Å². The van der Waals surface area contributed by atoms with Gasteiger partial charge in [-0.05, 0) is 19.1 Å². The second-order valence-electron chi connectivity index (χ2n) is 5.79. The van der Waals surface area contributed by atoms with E-state index in [-0.39, 0.29) is 36.1 Å². The van der Waals surface area contributed by atoms with E-state index < -0.39 is 16.8 Å². The van der Waals surface area contributed by atoms with Crippen molar-refractivity contribution < 1.29 is 14.3 Å². The Labute approximate surface area is 166 Å². The third-order valence-electron chi connectivity index (χ3n) is 3.74. The van der Waals surface area contributed by atoms with Crippen LogP contribution in [0.1, 0.15) is 19.0 Å². The molecule has 2 rings (SSSR count). The largest absolute Gasteiger partial charge is 0.469 e. The van der Waals surface area contributed by atoms with E-state index in [1.54, 1.807) is 19.1 Å². The van der Waals surface area contributed by atoms with Crippen molar-refractivity contribution in [1.29, 1.82) is 5.26 Å². The van der Waals surface area contributed by atoms with Gasteiger partial charge in [0, 0.05) is 18.3 Å². The van der Waals surface area contributed by atoms with E-state index in [0.29, 0.717) is 5.69 Å². The first-order valence-electron chi connectivity index (χ1n) is 8.51. The molecule has 0 fully saturated rings. The van der Waals surface area contributed by atoms with Crippen LogP contribution in [0.2, 0.25) is 0 Å². The number of nitriles is 1. The highest BCUT2D eigenvalue weighted by Crippen LogP contribution is 2.23. The Morgan fingerprint density at radius 1 is 1.36 bits per heavy atom. The Morgan fingerprint density at radius 2 is 2.07 bits per heavy atom. The molecule has 1 atom stereocenters. The molecule has 0 bridgehead atoms. The molecule has 0 unspecified atom stereocenters. The predicted octanol–water partition coefficient (Wildman–Crippen LogP) is 1.91. The zero-order chi connectivity index (χ0) is 20.5. The molecular weight excluding hydrogens is 380 g/mol. The minimum Gasteiger partial charge on any atom is -0.469 e. The number of anilines is 1. The number of ether oxygens (including phenoxy) is 1. The summed E-state index contributed by atoms with van der Waals surface area (Å²) in [7, 11) is 1.26. The number of aromatic nitrogens is 2. The van der Waals surface area contributed by atoms with E-state index >= 15 is 0 Å². The van der Waals surface area contributed by atoms with E-state index in [1.165, 1.54) is 18.1 Å². The number of rotatable bonds is 8. The van der Waals surface area contributed by atoms with Gasteiger partial charge < -0.3 is 14.6 Å². The van der Waals surface area contributed by atoms with Crippen LogP contribution in [0.5, 0.6) is 0 Å². The lowest BCUT2D eigenvalue weighted by molar-refractivity contribution is -0.139. The number of amides is 1. The molecule has 1 N–H and O–H groups in total. The second kappa shape index (κ2) is 10.3. The molecule has 8 nitrogen and oxygen atoms in total. The number of aromatic amines is 1. The van der Waals surface area contributed by atoms with Gasteiger partial charge in [0.25, 0.3) is 5.56 Å². The number of nitrogens with zero attached hydrogens (tertiary/aromatic N) is 3. The quantitative estimate of drug-likeness (QED) is 0.409. The molecular formula is C19H20N4O4S. The maximum atomic E-state index is 12.9. The van der Waals surface area contributed by atoms with E-state index in [2.05, 4.69) is 14.7 Å². The lowest BCUT2D eigenvalue weighted by Gasteiger charge is -2.24. The summed E-state index contributed by atoms with van der Waals surface area (Å²) >= 11 is 1.08. The number of esters is 1. The highest BCUT2D eigenvalue weighted by molar-refractivity contribution is 8.00. The fourth-order valence-electron chi connectivity index (χ4n) is 2.42. The van der Waals surface area contributed by atoms with Crippen LogP contribution in [0, 0.1) is 11.3 Å². The highest BCUT2D eigenvalue weighted by Gasteiger charge is 2.23. The van der Waals surface area contributed by atoms with Crippen LogP contribution in [0.4, 0.5) is 5.69 Å². The Hall–Kier alpha value is -3.12. The van der Waals surface area contributed by atoms with Gasteiger partial charge in [0.2, 0.25) is 5.91 Å². The van der Waals surface area contributed by atoms with Crippen LogP contribution in [0.25, 0.3) is 0 Å². The van der Waals surface area contributed by atoms with Gasteiger partial charge in [0.1, 0.15) is 0 Å². The van der Waals surface area contributed by atoms with E-state index in [0.717, 1.165) is 11.8 Å². The number of para-hydroxylation sites is 1. The molecule has 1 aromatic heterocycles. The molecule has 0 saturated heterocycles. The van der Waals surface area contributed by atoms with Crippen LogP contribution >= 0.6 is 11.8 Å². The minimum absolute atomic E-state index is 0.130. The number of carbonyl (C=O) groups excluding carboxylic acids is 2. The summed E-state index contributed by atoms with van der Waals surface area (Å²) in [5.74, 6) is -0.725. The zero-order valence-corrected chi connectivity index (χ0v) is 16.4. The average Bonchev–Trinajstić information content (AvgIpc) is 2.68. The second-order valence-corrected chi connectivity index (χ2v) is 7.12. The highest BCUT2D eigenvalue weighted by atomic mass is 32.2. The number of H-pyrrole nitrogens is 1. The van der Waals surface area contributed by atoms with E-state index in [9.17, 15) is 14.4 Å². The molecule has 0 aliphatic rings. The molecule has 1 heterocycles. The van der Waals surface area contributed by atoms with E-state index in [4.69, 9.17) is 5.26 Å². The standard InChI is InChI=1S/C19H20N4O4S/c1-13(18(26)23(10-6-9-20)15-7-4-3-5-8-15)28-19-21-14(11-16(24)22-19)12-17(25)27-2/h3-5,7-8,11,13H,6,10,12H2,1-2H3,(H,21,22,24)/t13-/m0/s1. The average molecular weight is 400 g/mol. The number of hydrogen-bond donors (Lipinski definition) is 1. The first-order valence-corrected chi connectivity index (χ1v) is 9.39. The monoisotopic (exact) mass is 400 g/mol. The third kappa shape index (κ3) is 5.96. The Balaban J connectivity index is 2.19. The topological polar surface area (TPSA) is 116 Å². The van der Waals surface area contributed by atoms with Crippen LogP contribution in [0.3, 0.4) is 0 Å². The van der Waals surface area contributed by atoms with Crippen molar-refractivity contribution in [3.05, 3.63) is 52.4 Å². The van der Waals surface area contributed by atoms with Crippen LogP contribution in [0.15, 0.2) is 46.3 Å². The molecule has 0 saturated carbocycles. The van der Waals surface area contributed by atoms with Gasteiger partial charge in [0.15, 0.2) is 5.16 Å². The molecule has 0 aliphatic heterocycles. The van der Waals surface area contributed by atoms with Crippen LogP contribution in [-0.4, -0.2) is 40.7 Å². The van der Waals surface area contributed by atoms with Crippen molar-refractivity contribution in [3.8, 4) is 6.07 Å². The SMILES string of the molecule is COC(=O)Cc1cc(=O)[nH]c(S[C@@H](C)C(=O)N(CCC#N)c2ccccc2)n1. The summed E-state index contributed by atoms with van der Waals surface area (Å²) in [6, 6.07) is 12.3. The normalized spacial score (nSPS) is 11.3. The molecule has 0 radical (unpaired) electrons. The van der Waals surface area contributed by atoms with Gasteiger partial charge >= 0.3 is 5.97 Å². The Kier molecular flexibility index (Phi) is 7.77. The molecule has 0 aliphatic carbocycles. The maximum Gasteiger partial charge on any atom is 0.311 e. The number of methoxy groups -OCH3 is 1. The lowest BCUT2D eigenvalue weighted by Crippen LogP contribution is -2.37. The summed E-state index contributed by atoms with van der Waals surface area (Å²) in [4.78, 5) is 44.5. The molecule has 28 heavy (non-hydrogen) atoms. The Bertz CT molecular complexity index is 924. The molecule has 1 aromatic carbocycles. The van der Waals surface area contributed by atoms with Gasteiger partial charge in [0.05, 0.1) is 37.0 Å². The van der Waals surface area contributed by atoms with E-state index in [1.807, 2.05) is 24.3 Å². The predicted molar refractivity (Wildman–Crippen MR) is 105 cm³/mol. The molecule has 2 aromatic rings. The molecule has 146 valence electrons. The van der Waals surface area contributed by atoms with Gasteiger partial charge in [-0.3, -0.25) is 14.4 Å². The van der Waals surface area contributed by atoms with Crippen molar-refractivity contribution in [1.82, 2.24) is 9.97 Å². The Morgan fingerprint density at radius 3 is 2.71 bits per heavy atom. The lowest BCUT2D eigenvalue weighted by atomic mass is 10.2. The fourth-order valence-corrected chi connectivity index (χ4v) is 3.32. The number of hydrogen-bond acceptors (Lipinski definition) is 7. The number of benzene rings is 1. The van der Waals surface area contributed by atoms with Gasteiger partial charge in [-0.15, -0.1) is 0 Å². The van der Waals surface area contributed by atoms with Crippen molar-refractivity contribution in [2.45, 2.75) is 30.2 Å². The van der Waals surface area contributed by atoms with Crippen LogP contribution < -0.4 is 10.5 Å². The molecule has 9 heteroatoms. The van der Waals surface area contributed by atoms with Gasteiger partial charge in [-0.1, -0.05) is 30.0 Å². The van der Waals surface area contributed by atoms with Crippen LogP contribution in [-0.2, 0) is 20.7 Å². The fraction of sp³-hybridized carbons (Fsp3) is 0.316. The summed E-state index contributed by atoms with van der Waals surface area (Å²) in [5, 5.41) is 8.55.